The van der Waals surface area contributed by atoms with Crippen molar-refractivity contribution in [3.8, 4) is 0 Å². The Hall–Kier alpha value is -0.550. The molecule has 3 rings (SSSR count). The van der Waals surface area contributed by atoms with Crippen molar-refractivity contribution >= 4 is 11.8 Å². The van der Waals surface area contributed by atoms with Crippen molar-refractivity contribution in [1.29, 1.82) is 0 Å². The van der Waals surface area contributed by atoms with Gasteiger partial charge in [-0.1, -0.05) is 29.5 Å². The first-order valence-corrected chi connectivity index (χ1v) is 7.31. The normalized spacial score (nSPS) is 31.9. The molecule has 0 bridgehead atoms. The van der Waals surface area contributed by atoms with Crippen LogP contribution in [0.25, 0.3) is 0 Å². The molecule has 2 saturated heterocycles. The average molecular weight is 266 g/mol. The second kappa shape index (κ2) is 5.61. The second-order valence-electron chi connectivity index (χ2n) is 4.78. The fourth-order valence-electron chi connectivity index (χ4n) is 2.27. The van der Waals surface area contributed by atoms with Crippen LogP contribution in [0.2, 0.25) is 0 Å². The number of aryl methyl sites for hydroxylation is 1. The molecular weight excluding hydrogens is 248 g/mol. The van der Waals surface area contributed by atoms with E-state index in [9.17, 15) is 0 Å². The molecule has 2 heterocycles. The van der Waals surface area contributed by atoms with Gasteiger partial charge in [-0.15, -0.1) is 0 Å². The largest absolute Gasteiger partial charge is 0.373 e. The lowest BCUT2D eigenvalue weighted by Crippen LogP contribution is -2.46. The summed E-state index contributed by atoms with van der Waals surface area (Å²) in [7, 11) is 0. The van der Waals surface area contributed by atoms with E-state index in [1.165, 1.54) is 10.5 Å². The van der Waals surface area contributed by atoms with Crippen molar-refractivity contribution in [3.63, 3.8) is 0 Å². The van der Waals surface area contributed by atoms with E-state index in [2.05, 4.69) is 31.2 Å². The van der Waals surface area contributed by atoms with E-state index < -0.39 is 0 Å². The Bertz CT molecular complexity index is 393. The third-order valence-electron chi connectivity index (χ3n) is 3.32. The summed E-state index contributed by atoms with van der Waals surface area (Å²) in [6.45, 7) is 3.57. The lowest BCUT2D eigenvalue weighted by atomic mass is 10.1. The average Bonchev–Trinajstić information content (AvgIpc) is 2.41. The number of fused-ring (bicyclic) bond motifs is 1. The van der Waals surface area contributed by atoms with Gasteiger partial charge in [0, 0.05) is 11.5 Å². The van der Waals surface area contributed by atoms with Crippen LogP contribution in [-0.2, 0) is 14.2 Å². The Morgan fingerprint density at radius 1 is 1.11 bits per heavy atom. The van der Waals surface area contributed by atoms with Gasteiger partial charge < -0.3 is 14.2 Å². The Morgan fingerprint density at radius 3 is 2.78 bits per heavy atom. The number of benzene rings is 1. The molecule has 3 unspecified atom stereocenters. The summed E-state index contributed by atoms with van der Waals surface area (Å²) in [4.78, 5) is 1.18. The molecule has 2 aliphatic heterocycles. The minimum atomic E-state index is -0.198. The van der Waals surface area contributed by atoms with Crippen LogP contribution in [0.3, 0.4) is 0 Å². The highest BCUT2D eigenvalue weighted by Crippen LogP contribution is 2.32. The van der Waals surface area contributed by atoms with Crippen molar-refractivity contribution in [2.24, 2.45) is 0 Å². The maximum Gasteiger partial charge on any atom is 0.211 e. The molecule has 0 aliphatic carbocycles. The van der Waals surface area contributed by atoms with Crippen molar-refractivity contribution in [1.82, 2.24) is 0 Å². The van der Waals surface area contributed by atoms with Crippen molar-refractivity contribution in [2.75, 3.05) is 13.2 Å². The molecular formula is C14H18O3S. The molecule has 0 saturated carbocycles. The van der Waals surface area contributed by atoms with Crippen LogP contribution < -0.4 is 0 Å². The van der Waals surface area contributed by atoms with Crippen LogP contribution in [0.4, 0.5) is 0 Å². The van der Waals surface area contributed by atoms with Gasteiger partial charge in [-0.3, -0.25) is 0 Å². The van der Waals surface area contributed by atoms with Crippen LogP contribution >= 0.6 is 11.8 Å². The SMILES string of the molecule is Cc1ccc(SC2OCC3OCCCC3O2)cc1. The van der Waals surface area contributed by atoms with Gasteiger partial charge in [0.15, 0.2) is 0 Å². The zero-order chi connectivity index (χ0) is 12.4. The van der Waals surface area contributed by atoms with Crippen LogP contribution in [0.15, 0.2) is 29.2 Å². The molecule has 0 radical (unpaired) electrons. The number of rotatable bonds is 2. The Kier molecular flexibility index (Phi) is 3.89. The van der Waals surface area contributed by atoms with Crippen LogP contribution in [0.1, 0.15) is 18.4 Å². The van der Waals surface area contributed by atoms with Gasteiger partial charge in [0.1, 0.15) is 6.10 Å². The highest BCUT2D eigenvalue weighted by molar-refractivity contribution is 7.99. The third-order valence-corrected chi connectivity index (χ3v) is 4.30. The molecule has 0 amide bonds. The van der Waals surface area contributed by atoms with Gasteiger partial charge in [0.25, 0.3) is 0 Å². The highest BCUT2D eigenvalue weighted by Gasteiger charge is 2.34. The smallest absolute Gasteiger partial charge is 0.211 e. The number of hydrogen-bond acceptors (Lipinski definition) is 4. The quantitative estimate of drug-likeness (QED) is 0.822. The maximum absolute atomic E-state index is 5.94. The summed E-state index contributed by atoms with van der Waals surface area (Å²) in [5, 5.41) is 0. The van der Waals surface area contributed by atoms with Gasteiger partial charge in [-0.05, 0) is 31.9 Å². The first-order valence-electron chi connectivity index (χ1n) is 6.43. The van der Waals surface area contributed by atoms with Crippen LogP contribution in [-0.4, -0.2) is 31.0 Å². The summed E-state index contributed by atoms with van der Waals surface area (Å²) in [5.74, 6) is 0. The molecule has 3 atom stereocenters. The lowest BCUT2D eigenvalue weighted by Gasteiger charge is -2.38. The molecule has 3 nitrogen and oxygen atoms in total. The van der Waals surface area contributed by atoms with Gasteiger partial charge in [-0.25, -0.2) is 0 Å². The predicted octanol–water partition coefficient (Wildman–Crippen LogP) is 2.97. The molecule has 0 aromatic heterocycles. The first-order chi connectivity index (χ1) is 8.81. The lowest BCUT2D eigenvalue weighted by molar-refractivity contribution is -0.239. The zero-order valence-electron chi connectivity index (χ0n) is 10.5. The Balaban J connectivity index is 1.59. The molecule has 18 heavy (non-hydrogen) atoms. The topological polar surface area (TPSA) is 27.7 Å². The molecule has 0 N–H and O–H groups in total. The van der Waals surface area contributed by atoms with E-state index in [-0.39, 0.29) is 17.8 Å². The fraction of sp³-hybridized carbons (Fsp3) is 0.571. The van der Waals surface area contributed by atoms with Crippen molar-refractivity contribution < 1.29 is 14.2 Å². The van der Waals surface area contributed by atoms with Gasteiger partial charge in [0.2, 0.25) is 5.62 Å². The molecule has 4 heteroatoms. The van der Waals surface area contributed by atoms with Gasteiger partial charge in [-0.2, -0.15) is 0 Å². The summed E-state index contributed by atoms with van der Waals surface area (Å²) in [5.41, 5.74) is 1.07. The fourth-order valence-corrected chi connectivity index (χ4v) is 3.13. The minimum absolute atomic E-state index is 0.133. The van der Waals surface area contributed by atoms with Gasteiger partial charge in [0.05, 0.1) is 12.7 Å². The summed E-state index contributed by atoms with van der Waals surface area (Å²) < 4.78 is 17.3. The van der Waals surface area contributed by atoms with E-state index in [0.29, 0.717) is 6.61 Å². The molecule has 1 aromatic carbocycles. The molecule has 2 fully saturated rings. The predicted molar refractivity (Wildman–Crippen MR) is 70.6 cm³/mol. The van der Waals surface area contributed by atoms with E-state index in [0.717, 1.165) is 19.4 Å². The Labute approximate surface area is 112 Å². The highest BCUT2D eigenvalue weighted by atomic mass is 32.2. The first kappa shape index (κ1) is 12.5. The number of ether oxygens (including phenoxy) is 3. The van der Waals surface area contributed by atoms with Crippen LogP contribution in [0.5, 0.6) is 0 Å². The monoisotopic (exact) mass is 266 g/mol. The van der Waals surface area contributed by atoms with E-state index in [4.69, 9.17) is 14.2 Å². The molecule has 1 aromatic rings. The second-order valence-corrected chi connectivity index (χ2v) is 5.87. The molecule has 2 aliphatic rings. The summed E-state index contributed by atoms with van der Waals surface area (Å²) in [6, 6.07) is 8.43. The summed E-state index contributed by atoms with van der Waals surface area (Å²) >= 11 is 1.63. The summed E-state index contributed by atoms with van der Waals surface area (Å²) in [6.07, 6.45) is 2.51. The Morgan fingerprint density at radius 2 is 1.94 bits per heavy atom. The zero-order valence-corrected chi connectivity index (χ0v) is 11.3. The standard InChI is InChI=1S/C14H18O3S/c1-10-4-6-11(7-5-10)18-14-16-9-13-12(17-14)3-2-8-15-13/h4-7,12-14H,2-3,8-9H2,1H3. The third kappa shape index (κ3) is 2.88. The maximum atomic E-state index is 5.94. The van der Waals surface area contributed by atoms with E-state index >= 15 is 0 Å². The van der Waals surface area contributed by atoms with Crippen LogP contribution in [0, 0.1) is 6.92 Å². The van der Waals surface area contributed by atoms with E-state index in [1.807, 2.05) is 0 Å². The van der Waals surface area contributed by atoms with Gasteiger partial charge >= 0.3 is 0 Å². The number of hydrogen-bond donors (Lipinski definition) is 0. The molecule has 98 valence electrons. The van der Waals surface area contributed by atoms with Crippen molar-refractivity contribution in [3.05, 3.63) is 29.8 Å². The van der Waals surface area contributed by atoms with Crippen molar-refractivity contribution in [2.45, 2.75) is 42.5 Å². The number of thioether (sulfide) groups is 1. The molecule has 0 spiro atoms. The van der Waals surface area contributed by atoms with E-state index in [1.54, 1.807) is 11.8 Å². The minimum Gasteiger partial charge on any atom is -0.373 e.